The number of hydrogen-bond donors (Lipinski definition) is 0. The second-order valence-corrected chi connectivity index (χ2v) is 7.55. The molecule has 0 aromatic heterocycles. The van der Waals surface area contributed by atoms with Crippen LogP contribution in [0.15, 0.2) is 30.3 Å². The molecule has 1 aromatic carbocycles. The van der Waals surface area contributed by atoms with Gasteiger partial charge in [0.25, 0.3) is 5.91 Å². The second-order valence-electron chi connectivity index (χ2n) is 4.27. The van der Waals surface area contributed by atoms with Crippen molar-refractivity contribution in [3.05, 3.63) is 30.3 Å². The predicted molar refractivity (Wildman–Crippen MR) is 78.7 cm³/mol. The summed E-state index contributed by atoms with van der Waals surface area (Å²) in [6.45, 7) is 1.34. The molecule has 102 valence electrons. The summed E-state index contributed by atoms with van der Waals surface area (Å²) in [6, 6.07) is 9.06. The third-order valence-corrected chi connectivity index (χ3v) is 7.21. The highest BCUT2D eigenvalue weighted by Gasteiger charge is 2.54. The van der Waals surface area contributed by atoms with Gasteiger partial charge in [0.05, 0.1) is 10.8 Å². The number of carbonyl (C=O) groups excluding carboxylic acids is 2. The predicted octanol–water partition coefficient (Wildman–Crippen LogP) is 1.43. The maximum atomic E-state index is 12.6. The van der Waals surface area contributed by atoms with Crippen molar-refractivity contribution in [1.29, 1.82) is 0 Å². The minimum atomic E-state index is -1.45. The number of Topliss-reactive ketones (excluding diaryl/α,β-unsaturated/α-hetero) is 1. The zero-order valence-electron chi connectivity index (χ0n) is 10.8. The van der Waals surface area contributed by atoms with Crippen LogP contribution < -0.4 is 4.90 Å². The van der Waals surface area contributed by atoms with E-state index in [9.17, 15) is 13.8 Å². The first-order valence-electron chi connectivity index (χ1n) is 5.87. The molecule has 2 unspecified atom stereocenters. The highest BCUT2D eigenvalue weighted by molar-refractivity contribution is 8.17. The first kappa shape index (κ1) is 14.3. The first-order valence-corrected chi connectivity index (χ1v) is 8.17. The lowest BCUT2D eigenvalue weighted by atomic mass is 10.2. The molecule has 0 saturated carbocycles. The lowest BCUT2D eigenvalue weighted by Crippen LogP contribution is -2.51. The van der Waals surface area contributed by atoms with Gasteiger partial charge in [0.15, 0.2) is 5.78 Å². The Balaban J connectivity index is 2.37. The Kier molecular flexibility index (Phi) is 4.10. The Morgan fingerprint density at radius 1 is 1.32 bits per heavy atom. The molecule has 1 aromatic rings. The highest BCUT2D eigenvalue weighted by atomic mass is 32.2. The molecule has 6 heteroatoms. The Morgan fingerprint density at radius 2 is 1.95 bits per heavy atom. The SMILES string of the molecule is CC(=O)C1(C(=O)N(C)c2ccccc2)SCCS1=O. The van der Waals surface area contributed by atoms with Crippen LogP contribution in [-0.2, 0) is 20.4 Å². The van der Waals surface area contributed by atoms with Gasteiger partial charge in [-0.1, -0.05) is 18.2 Å². The molecule has 2 rings (SSSR count). The summed E-state index contributed by atoms with van der Waals surface area (Å²) < 4.78 is 10.7. The van der Waals surface area contributed by atoms with Crippen LogP contribution in [0.5, 0.6) is 0 Å². The Hall–Kier alpha value is -1.14. The molecule has 1 aliphatic heterocycles. The van der Waals surface area contributed by atoms with E-state index >= 15 is 0 Å². The number of carbonyl (C=O) groups is 2. The molecule has 1 fully saturated rings. The van der Waals surface area contributed by atoms with Crippen LogP contribution in [0.3, 0.4) is 0 Å². The normalized spacial score (nSPS) is 26.1. The van der Waals surface area contributed by atoms with Gasteiger partial charge in [-0.05, 0) is 19.1 Å². The van der Waals surface area contributed by atoms with E-state index in [2.05, 4.69) is 0 Å². The number of hydrogen-bond acceptors (Lipinski definition) is 4. The molecule has 4 nitrogen and oxygen atoms in total. The highest BCUT2D eigenvalue weighted by Crippen LogP contribution is 2.39. The van der Waals surface area contributed by atoms with Crippen molar-refractivity contribution in [2.75, 3.05) is 23.5 Å². The van der Waals surface area contributed by atoms with Crippen molar-refractivity contribution in [2.24, 2.45) is 0 Å². The fourth-order valence-corrected chi connectivity index (χ4v) is 5.69. The Bertz CT molecular complexity index is 532. The van der Waals surface area contributed by atoms with Gasteiger partial charge in [-0.2, -0.15) is 0 Å². The average molecular weight is 297 g/mol. The summed E-state index contributed by atoms with van der Waals surface area (Å²) in [5.74, 6) is 0.229. The summed E-state index contributed by atoms with van der Waals surface area (Å²) in [5.41, 5.74) is 0.692. The summed E-state index contributed by atoms with van der Waals surface area (Å²) in [5, 5.41) is 0. The Morgan fingerprint density at radius 3 is 2.42 bits per heavy atom. The zero-order valence-corrected chi connectivity index (χ0v) is 12.4. The largest absolute Gasteiger partial charge is 0.313 e. The third-order valence-electron chi connectivity index (χ3n) is 3.09. The van der Waals surface area contributed by atoms with E-state index in [0.717, 1.165) is 0 Å². The van der Waals surface area contributed by atoms with Crippen molar-refractivity contribution in [1.82, 2.24) is 0 Å². The van der Waals surface area contributed by atoms with Crippen molar-refractivity contribution >= 4 is 39.9 Å². The molecule has 0 aliphatic carbocycles. The van der Waals surface area contributed by atoms with E-state index in [1.807, 2.05) is 18.2 Å². The molecule has 1 heterocycles. The number of benzene rings is 1. The fourth-order valence-electron chi connectivity index (χ4n) is 2.03. The van der Waals surface area contributed by atoms with Gasteiger partial charge in [0.2, 0.25) is 4.08 Å². The number of anilines is 1. The molecule has 0 radical (unpaired) electrons. The fraction of sp³-hybridized carbons (Fsp3) is 0.385. The topological polar surface area (TPSA) is 54.5 Å². The van der Waals surface area contributed by atoms with Crippen LogP contribution in [0, 0.1) is 0 Å². The quantitative estimate of drug-likeness (QED) is 0.792. The first-order chi connectivity index (χ1) is 9.00. The minimum Gasteiger partial charge on any atom is -0.313 e. The third kappa shape index (κ3) is 2.34. The number of ketones is 1. The number of amides is 1. The lowest BCUT2D eigenvalue weighted by Gasteiger charge is -2.28. The molecule has 1 amide bonds. The number of para-hydroxylation sites is 1. The van der Waals surface area contributed by atoms with E-state index < -0.39 is 20.8 Å². The monoisotopic (exact) mass is 297 g/mol. The molecule has 19 heavy (non-hydrogen) atoms. The van der Waals surface area contributed by atoms with Gasteiger partial charge in [-0.25, -0.2) is 0 Å². The van der Waals surface area contributed by atoms with Crippen LogP contribution in [-0.4, -0.2) is 38.5 Å². The maximum Gasteiger partial charge on any atom is 0.263 e. The zero-order chi connectivity index (χ0) is 14.0. The van der Waals surface area contributed by atoms with Gasteiger partial charge in [-0.15, -0.1) is 11.8 Å². The van der Waals surface area contributed by atoms with Crippen molar-refractivity contribution in [3.8, 4) is 0 Å². The summed E-state index contributed by atoms with van der Waals surface area (Å²) in [7, 11) is 0.158. The molecule has 1 saturated heterocycles. The number of nitrogens with zero attached hydrogens (tertiary/aromatic N) is 1. The van der Waals surface area contributed by atoms with Crippen LogP contribution in [0.1, 0.15) is 6.92 Å². The molecule has 0 bridgehead atoms. The summed E-state index contributed by atoms with van der Waals surface area (Å²) >= 11 is 1.20. The van der Waals surface area contributed by atoms with E-state index in [1.165, 1.54) is 23.6 Å². The smallest absolute Gasteiger partial charge is 0.263 e. The molecule has 1 aliphatic rings. The average Bonchev–Trinajstić information content (AvgIpc) is 2.81. The molecule has 0 N–H and O–H groups in total. The van der Waals surface area contributed by atoms with E-state index in [-0.39, 0.29) is 5.78 Å². The molecule has 2 atom stereocenters. The van der Waals surface area contributed by atoms with Gasteiger partial charge in [-0.3, -0.25) is 13.8 Å². The molecular formula is C13H15NO3S2. The lowest BCUT2D eigenvalue weighted by molar-refractivity contribution is -0.125. The Labute approximate surface area is 119 Å². The van der Waals surface area contributed by atoms with Crippen molar-refractivity contribution < 1.29 is 13.8 Å². The van der Waals surface area contributed by atoms with E-state index in [4.69, 9.17) is 0 Å². The van der Waals surface area contributed by atoms with Crippen LogP contribution in [0.4, 0.5) is 5.69 Å². The standard InChI is InChI=1S/C13H15NO3S2/c1-10(15)13(18-8-9-19(13)17)12(16)14(2)11-6-4-3-5-7-11/h3-7H,8-9H2,1-2H3. The van der Waals surface area contributed by atoms with Crippen LogP contribution in [0.25, 0.3) is 0 Å². The minimum absolute atomic E-state index is 0.332. The van der Waals surface area contributed by atoms with Gasteiger partial charge < -0.3 is 4.90 Å². The van der Waals surface area contributed by atoms with Gasteiger partial charge in [0.1, 0.15) is 0 Å². The number of rotatable bonds is 3. The summed E-state index contributed by atoms with van der Waals surface area (Å²) in [4.78, 5) is 25.9. The molecule has 0 spiro atoms. The maximum absolute atomic E-state index is 12.6. The van der Waals surface area contributed by atoms with Crippen LogP contribution >= 0.6 is 11.8 Å². The summed E-state index contributed by atoms with van der Waals surface area (Å²) in [6.07, 6.45) is 0. The van der Waals surface area contributed by atoms with Crippen LogP contribution in [0.2, 0.25) is 0 Å². The van der Waals surface area contributed by atoms with Crippen molar-refractivity contribution in [3.63, 3.8) is 0 Å². The van der Waals surface area contributed by atoms with Gasteiger partial charge >= 0.3 is 0 Å². The van der Waals surface area contributed by atoms with E-state index in [0.29, 0.717) is 17.2 Å². The molecular weight excluding hydrogens is 282 g/mol. The second kappa shape index (κ2) is 5.46. The van der Waals surface area contributed by atoms with Gasteiger partial charge in [0, 0.05) is 24.2 Å². The number of thioether (sulfide) groups is 1. The van der Waals surface area contributed by atoms with Crippen molar-refractivity contribution in [2.45, 2.75) is 11.0 Å². The van der Waals surface area contributed by atoms with E-state index in [1.54, 1.807) is 19.2 Å².